The van der Waals surface area contributed by atoms with Crippen LogP contribution >= 0.6 is 11.6 Å². The Hall–Kier alpha value is -1.06. The predicted molar refractivity (Wildman–Crippen MR) is 57.6 cm³/mol. The maximum Gasteiger partial charge on any atom is 0.251 e. The number of carbonyl (C=O) groups is 1. The van der Waals surface area contributed by atoms with Crippen LogP contribution in [0.15, 0.2) is 24.3 Å². The molecule has 1 amide bonds. The molecule has 0 bridgehead atoms. The summed E-state index contributed by atoms with van der Waals surface area (Å²) in [5.74, 6) is -0.236. The molecule has 0 aliphatic carbocycles. The van der Waals surface area contributed by atoms with Crippen molar-refractivity contribution >= 4 is 17.5 Å². The lowest BCUT2D eigenvalue weighted by Crippen LogP contribution is -2.26. The molecule has 2 atom stereocenters. The number of likely N-dealkylation sites (N-methyl/N-ethyl adjacent to an activating group) is 1. The molecule has 0 saturated carbocycles. The first-order valence-electron chi connectivity index (χ1n) is 4.80. The van der Waals surface area contributed by atoms with Crippen molar-refractivity contribution in [1.29, 1.82) is 0 Å². The molecule has 0 radical (unpaired) electrons. The molecule has 80 valence electrons. The monoisotopic (exact) mass is 225 g/mol. The quantitative estimate of drug-likeness (QED) is 0.789. The number of hydrogen-bond acceptors (Lipinski definition) is 2. The molecule has 4 heteroatoms. The van der Waals surface area contributed by atoms with E-state index in [0.717, 1.165) is 5.56 Å². The highest BCUT2D eigenvalue weighted by Gasteiger charge is 2.37. The van der Waals surface area contributed by atoms with Crippen molar-refractivity contribution in [2.24, 2.45) is 0 Å². The molecular formula is C11H12ClNO2. The van der Waals surface area contributed by atoms with Crippen LogP contribution in [0.1, 0.15) is 18.0 Å². The van der Waals surface area contributed by atoms with Gasteiger partial charge in [0.1, 0.15) is 6.10 Å². The predicted octanol–water partition coefficient (Wildman–Crippen LogP) is 1.60. The van der Waals surface area contributed by atoms with Gasteiger partial charge in [-0.25, -0.2) is 0 Å². The van der Waals surface area contributed by atoms with E-state index in [9.17, 15) is 9.90 Å². The summed E-state index contributed by atoms with van der Waals surface area (Å²) in [6.07, 6.45) is -0.477. The van der Waals surface area contributed by atoms with Gasteiger partial charge in [0.05, 0.1) is 6.04 Å². The summed E-state index contributed by atoms with van der Waals surface area (Å²) in [4.78, 5) is 13.0. The van der Waals surface area contributed by atoms with E-state index in [0.29, 0.717) is 11.4 Å². The Balaban J connectivity index is 2.34. The summed E-state index contributed by atoms with van der Waals surface area (Å²) in [5, 5.41) is 10.1. The van der Waals surface area contributed by atoms with Gasteiger partial charge in [0.25, 0.3) is 5.91 Å². The smallest absolute Gasteiger partial charge is 0.251 e. The molecule has 2 rings (SSSR count). The van der Waals surface area contributed by atoms with Crippen molar-refractivity contribution in [3.8, 4) is 0 Å². The number of halogens is 1. The minimum absolute atomic E-state index is 0.110. The van der Waals surface area contributed by atoms with Gasteiger partial charge in [0, 0.05) is 18.5 Å². The highest BCUT2D eigenvalue weighted by atomic mass is 35.5. The third-order valence-corrected chi connectivity index (χ3v) is 3.16. The van der Waals surface area contributed by atoms with E-state index in [1.165, 1.54) is 0 Å². The highest BCUT2D eigenvalue weighted by molar-refractivity contribution is 6.31. The molecule has 1 aliphatic rings. The van der Waals surface area contributed by atoms with Gasteiger partial charge < -0.3 is 10.0 Å². The Bertz CT molecular complexity index is 394. The highest BCUT2D eigenvalue weighted by Crippen LogP contribution is 2.35. The number of nitrogens with zero attached hydrogens (tertiary/aromatic N) is 1. The van der Waals surface area contributed by atoms with Crippen LogP contribution in [0, 0.1) is 0 Å². The Morgan fingerprint density at radius 2 is 2.13 bits per heavy atom. The van der Waals surface area contributed by atoms with Crippen LogP contribution in [0.25, 0.3) is 0 Å². The summed E-state index contributed by atoms with van der Waals surface area (Å²) in [5.41, 5.74) is 0.895. The first kappa shape index (κ1) is 10.5. The normalized spacial score (nSPS) is 26.1. The van der Waals surface area contributed by atoms with E-state index >= 15 is 0 Å². The first-order chi connectivity index (χ1) is 7.11. The number of hydrogen-bond donors (Lipinski definition) is 1. The van der Waals surface area contributed by atoms with E-state index in [2.05, 4.69) is 0 Å². The van der Waals surface area contributed by atoms with Crippen molar-refractivity contribution in [3.63, 3.8) is 0 Å². The molecule has 1 aromatic rings. The van der Waals surface area contributed by atoms with E-state index in [1.54, 1.807) is 18.0 Å². The third-order valence-electron chi connectivity index (χ3n) is 2.81. The average Bonchev–Trinajstić information content (AvgIpc) is 2.47. The van der Waals surface area contributed by atoms with E-state index in [1.807, 2.05) is 18.2 Å². The zero-order valence-corrected chi connectivity index (χ0v) is 9.11. The first-order valence-corrected chi connectivity index (χ1v) is 5.18. The number of carbonyl (C=O) groups excluding carboxylic acids is 1. The zero-order chi connectivity index (χ0) is 11.0. The molecule has 1 N–H and O–H groups in total. The van der Waals surface area contributed by atoms with Gasteiger partial charge in [0.2, 0.25) is 0 Å². The van der Waals surface area contributed by atoms with Gasteiger partial charge in [-0.15, -0.1) is 0 Å². The number of aliphatic hydroxyl groups excluding tert-OH is 1. The Morgan fingerprint density at radius 3 is 2.67 bits per heavy atom. The maximum atomic E-state index is 11.4. The zero-order valence-electron chi connectivity index (χ0n) is 8.35. The minimum Gasteiger partial charge on any atom is -0.383 e. The van der Waals surface area contributed by atoms with Crippen LogP contribution in [-0.2, 0) is 4.79 Å². The second-order valence-electron chi connectivity index (χ2n) is 3.74. The second kappa shape index (κ2) is 3.83. The van der Waals surface area contributed by atoms with Crippen LogP contribution in [0.5, 0.6) is 0 Å². The van der Waals surface area contributed by atoms with Gasteiger partial charge in [-0.1, -0.05) is 29.8 Å². The van der Waals surface area contributed by atoms with Crippen LogP contribution in [0.4, 0.5) is 0 Å². The van der Waals surface area contributed by atoms with E-state index in [4.69, 9.17) is 11.6 Å². The largest absolute Gasteiger partial charge is 0.383 e. The molecule has 0 aromatic heterocycles. The summed E-state index contributed by atoms with van der Waals surface area (Å²) >= 11 is 6.05. The van der Waals surface area contributed by atoms with Gasteiger partial charge >= 0.3 is 0 Å². The van der Waals surface area contributed by atoms with Crippen molar-refractivity contribution in [2.75, 3.05) is 7.05 Å². The van der Waals surface area contributed by atoms with E-state index in [-0.39, 0.29) is 11.9 Å². The topological polar surface area (TPSA) is 40.5 Å². The number of benzene rings is 1. The lowest BCUT2D eigenvalue weighted by molar-refractivity contribution is -0.134. The van der Waals surface area contributed by atoms with Gasteiger partial charge in [-0.2, -0.15) is 0 Å². The summed E-state index contributed by atoms with van der Waals surface area (Å²) in [6.45, 7) is 0. The van der Waals surface area contributed by atoms with Gasteiger partial charge in [-0.05, 0) is 11.6 Å². The van der Waals surface area contributed by atoms with Crippen LogP contribution in [0.3, 0.4) is 0 Å². The molecule has 1 fully saturated rings. The Kier molecular flexibility index (Phi) is 2.67. The fraction of sp³-hybridized carbons (Fsp3) is 0.364. The van der Waals surface area contributed by atoms with Crippen LogP contribution in [-0.4, -0.2) is 29.1 Å². The molecule has 2 unspecified atom stereocenters. The molecule has 1 saturated heterocycles. The summed E-state index contributed by atoms with van der Waals surface area (Å²) < 4.78 is 0. The van der Waals surface area contributed by atoms with Crippen molar-refractivity contribution in [1.82, 2.24) is 4.90 Å². The maximum absolute atomic E-state index is 11.4. The molecular weight excluding hydrogens is 214 g/mol. The van der Waals surface area contributed by atoms with E-state index < -0.39 is 6.10 Å². The second-order valence-corrected chi connectivity index (χ2v) is 4.15. The lowest BCUT2D eigenvalue weighted by Gasteiger charge is -2.20. The fourth-order valence-electron chi connectivity index (χ4n) is 1.94. The number of aliphatic hydroxyl groups is 1. The molecule has 1 aliphatic heterocycles. The lowest BCUT2D eigenvalue weighted by atomic mass is 10.0. The number of rotatable bonds is 1. The molecule has 1 aromatic carbocycles. The molecule has 1 heterocycles. The third kappa shape index (κ3) is 1.73. The van der Waals surface area contributed by atoms with Crippen molar-refractivity contribution in [2.45, 2.75) is 18.6 Å². The number of amides is 1. The minimum atomic E-state index is -0.892. The van der Waals surface area contributed by atoms with Crippen LogP contribution in [0.2, 0.25) is 5.02 Å². The summed E-state index contributed by atoms with van der Waals surface area (Å²) in [6, 6.07) is 7.29. The van der Waals surface area contributed by atoms with Crippen molar-refractivity contribution in [3.05, 3.63) is 34.9 Å². The molecule has 15 heavy (non-hydrogen) atoms. The Morgan fingerprint density at radius 1 is 1.47 bits per heavy atom. The Labute approximate surface area is 93.3 Å². The molecule has 3 nitrogen and oxygen atoms in total. The average molecular weight is 226 g/mol. The van der Waals surface area contributed by atoms with Gasteiger partial charge in [-0.3, -0.25) is 4.79 Å². The molecule has 0 spiro atoms. The van der Waals surface area contributed by atoms with Crippen molar-refractivity contribution < 1.29 is 9.90 Å². The van der Waals surface area contributed by atoms with Crippen LogP contribution < -0.4 is 0 Å². The number of likely N-dealkylation sites (tertiary alicyclic amines) is 1. The standard InChI is InChI=1S/C11H12ClNO2/c1-13-9(6-10(14)11(13)15)7-4-2-3-5-8(7)12/h2-5,9-10,14H,6H2,1H3. The summed E-state index contributed by atoms with van der Waals surface area (Å²) in [7, 11) is 1.69. The fourth-order valence-corrected chi connectivity index (χ4v) is 2.20. The SMILES string of the molecule is CN1C(=O)C(O)CC1c1ccccc1Cl. The van der Waals surface area contributed by atoms with Gasteiger partial charge in [0.15, 0.2) is 0 Å².